The van der Waals surface area contributed by atoms with E-state index in [0.29, 0.717) is 17.1 Å². The molecule has 0 radical (unpaired) electrons. The van der Waals surface area contributed by atoms with Gasteiger partial charge in [-0.05, 0) is 30.2 Å². The summed E-state index contributed by atoms with van der Waals surface area (Å²) in [7, 11) is 3.06. The molecule has 0 bridgehead atoms. The van der Waals surface area contributed by atoms with Gasteiger partial charge in [0.05, 0.1) is 31.6 Å². The monoisotopic (exact) mass is 399 g/mol. The first-order chi connectivity index (χ1) is 13.8. The molecule has 1 aromatic heterocycles. The van der Waals surface area contributed by atoms with Gasteiger partial charge in [0, 0.05) is 18.7 Å². The van der Waals surface area contributed by atoms with Gasteiger partial charge in [-0.25, -0.2) is 4.79 Å². The smallest absolute Gasteiger partial charge is 0.340 e. The van der Waals surface area contributed by atoms with Crippen molar-refractivity contribution in [3.05, 3.63) is 57.4 Å². The third-order valence-corrected chi connectivity index (χ3v) is 4.62. The van der Waals surface area contributed by atoms with Crippen molar-refractivity contribution < 1.29 is 28.9 Å². The Labute approximate surface area is 166 Å². The Balaban J connectivity index is 1.79. The molecule has 2 aromatic carbocycles. The summed E-state index contributed by atoms with van der Waals surface area (Å²) in [4.78, 5) is 24.7. The standard InChI is InChI=1S/C21H21NO7/c1-11-14(21(26)29-18-8-13(23)7-15(24)20(11)18)9-19(25)22-10-12-4-5-16(27-2)17(6-12)28-3/h4-8,23-24H,9-10H2,1-3H3,(H,22,25). The Bertz CT molecular complexity index is 1130. The number of aryl methyl sites for hydroxylation is 1. The van der Waals surface area contributed by atoms with Crippen LogP contribution in [0.1, 0.15) is 16.7 Å². The van der Waals surface area contributed by atoms with Gasteiger partial charge in [0.25, 0.3) is 0 Å². The first-order valence-corrected chi connectivity index (χ1v) is 8.80. The minimum atomic E-state index is -0.693. The van der Waals surface area contributed by atoms with Gasteiger partial charge in [-0.1, -0.05) is 6.07 Å². The number of fused-ring (bicyclic) bond motifs is 1. The molecule has 1 heterocycles. The maximum absolute atomic E-state index is 12.4. The number of benzene rings is 2. The van der Waals surface area contributed by atoms with Crippen LogP contribution in [0.2, 0.25) is 0 Å². The SMILES string of the molecule is COc1ccc(CNC(=O)Cc2c(C)c3c(O)cc(O)cc3oc2=O)cc1OC. The summed E-state index contributed by atoms with van der Waals surface area (Å²) in [5.41, 5.74) is 0.727. The second-order valence-corrected chi connectivity index (χ2v) is 6.47. The number of ether oxygens (including phenoxy) is 2. The number of carbonyl (C=O) groups is 1. The molecule has 3 N–H and O–H groups in total. The van der Waals surface area contributed by atoms with Crippen LogP contribution in [0.3, 0.4) is 0 Å². The molecule has 8 nitrogen and oxygen atoms in total. The average molecular weight is 399 g/mol. The van der Waals surface area contributed by atoms with Crippen LogP contribution >= 0.6 is 0 Å². The Morgan fingerprint density at radius 1 is 1.10 bits per heavy atom. The van der Waals surface area contributed by atoms with E-state index < -0.39 is 5.63 Å². The highest BCUT2D eigenvalue weighted by Gasteiger charge is 2.18. The normalized spacial score (nSPS) is 10.7. The second-order valence-electron chi connectivity index (χ2n) is 6.47. The molecule has 0 fully saturated rings. The van der Waals surface area contributed by atoms with E-state index in [4.69, 9.17) is 13.9 Å². The topological polar surface area (TPSA) is 118 Å². The number of carbonyl (C=O) groups excluding carboxylic acids is 1. The first kappa shape index (κ1) is 20.1. The van der Waals surface area contributed by atoms with Crippen LogP contribution in [0.5, 0.6) is 23.0 Å². The van der Waals surface area contributed by atoms with Crippen molar-refractivity contribution in [2.45, 2.75) is 19.9 Å². The van der Waals surface area contributed by atoms with Gasteiger partial charge in [0.2, 0.25) is 5.91 Å². The minimum absolute atomic E-state index is 0.0551. The van der Waals surface area contributed by atoms with E-state index in [1.54, 1.807) is 25.1 Å². The van der Waals surface area contributed by atoms with E-state index >= 15 is 0 Å². The molecule has 152 valence electrons. The highest BCUT2D eigenvalue weighted by molar-refractivity contribution is 5.90. The summed E-state index contributed by atoms with van der Waals surface area (Å²) in [5, 5.41) is 22.7. The number of hydrogen-bond acceptors (Lipinski definition) is 7. The van der Waals surface area contributed by atoms with Gasteiger partial charge < -0.3 is 29.4 Å². The van der Waals surface area contributed by atoms with E-state index in [0.717, 1.165) is 11.6 Å². The van der Waals surface area contributed by atoms with E-state index in [1.807, 2.05) is 0 Å². The van der Waals surface area contributed by atoms with Crippen LogP contribution in [0.15, 0.2) is 39.5 Å². The predicted molar refractivity (Wildman–Crippen MR) is 106 cm³/mol. The highest BCUT2D eigenvalue weighted by atomic mass is 16.5. The summed E-state index contributed by atoms with van der Waals surface area (Å²) in [5.74, 6) is 0.292. The molecule has 0 saturated carbocycles. The molecule has 0 aliphatic carbocycles. The van der Waals surface area contributed by atoms with E-state index in [2.05, 4.69) is 5.32 Å². The molecular formula is C21H21NO7. The molecule has 0 atom stereocenters. The van der Waals surface area contributed by atoms with Crippen LogP contribution in [-0.4, -0.2) is 30.3 Å². The third-order valence-electron chi connectivity index (χ3n) is 4.62. The lowest BCUT2D eigenvalue weighted by atomic mass is 10.0. The summed E-state index contributed by atoms with van der Waals surface area (Å²) in [6, 6.07) is 7.67. The van der Waals surface area contributed by atoms with Crippen molar-refractivity contribution >= 4 is 16.9 Å². The van der Waals surface area contributed by atoms with Gasteiger partial charge in [-0.2, -0.15) is 0 Å². The van der Waals surface area contributed by atoms with Crippen molar-refractivity contribution in [3.63, 3.8) is 0 Å². The van der Waals surface area contributed by atoms with Crippen LogP contribution < -0.4 is 20.4 Å². The molecular weight excluding hydrogens is 378 g/mol. The molecule has 0 spiro atoms. The minimum Gasteiger partial charge on any atom is -0.508 e. The fourth-order valence-electron chi connectivity index (χ4n) is 3.13. The molecule has 3 rings (SSSR count). The van der Waals surface area contributed by atoms with Gasteiger partial charge in [0.1, 0.15) is 17.1 Å². The molecule has 1 amide bonds. The number of methoxy groups -OCH3 is 2. The van der Waals surface area contributed by atoms with Crippen molar-refractivity contribution in [3.8, 4) is 23.0 Å². The number of hydrogen-bond donors (Lipinski definition) is 3. The third kappa shape index (κ3) is 4.11. The molecule has 0 aliphatic rings. The van der Waals surface area contributed by atoms with Crippen LogP contribution in [0.25, 0.3) is 11.0 Å². The van der Waals surface area contributed by atoms with Crippen molar-refractivity contribution in [1.29, 1.82) is 0 Å². The number of amides is 1. The lowest BCUT2D eigenvalue weighted by Gasteiger charge is -2.11. The maximum Gasteiger partial charge on any atom is 0.340 e. The molecule has 0 unspecified atom stereocenters. The lowest BCUT2D eigenvalue weighted by molar-refractivity contribution is -0.120. The summed E-state index contributed by atoms with van der Waals surface area (Å²) in [6.45, 7) is 1.85. The Kier molecular flexibility index (Phi) is 5.63. The molecule has 0 saturated heterocycles. The quantitative estimate of drug-likeness (QED) is 0.545. The van der Waals surface area contributed by atoms with Gasteiger partial charge >= 0.3 is 5.63 Å². The molecule has 0 aliphatic heterocycles. The molecule has 29 heavy (non-hydrogen) atoms. The van der Waals surface area contributed by atoms with Crippen LogP contribution in [0, 0.1) is 6.92 Å². The number of rotatable bonds is 6. The van der Waals surface area contributed by atoms with Crippen molar-refractivity contribution in [2.75, 3.05) is 14.2 Å². The van der Waals surface area contributed by atoms with E-state index in [9.17, 15) is 19.8 Å². The second kappa shape index (κ2) is 8.14. The van der Waals surface area contributed by atoms with Crippen LogP contribution in [0.4, 0.5) is 0 Å². The average Bonchev–Trinajstić information content (AvgIpc) is 2.68. The Hall–Kier alpha value is -3.68. The van der Waals surface area contributed by atoms with Gasteiger partial charge in [-0.15, -0.1) is 0 Å². The number of aromatic hydroxyl groups is 2. The number of phenols is 2. The van der Waals surface area contributed by atoms with Crippen molar-refractivity contribution in [2.24, 2.45) is 0 Å². The summed E-state index contributed by atoms with van der Waals surface area (Å²) in [6.07, 6.45) is -0.211. The molecule has 8 heteroatoms. The fourth-order valence-corrected chi connectivity index (χ4v) is 3.13. The highest BCUT2D eigenvalue weighted by Crippen LogP contribution is 2.32. The predicted octanol–water partition coefficient (Wildman–Crippen LogP) is 2.39. The Morgan fingerprint density at radius 2 is 1.83 bits per heavy atom. The van der Waals surface area contributed by atoms with Crippen LogP contribution in [-0.2, 0) is 17.8 Å². The summed E-state index contributed by atoms with van der Waals surface area (Å²) < 4.78 is 15.6. The van der Waals surface area contributed by atoms with E-state index in [1.165, 1.54) is 20.3 Å². The van der Waals surface area contributed by atoms with E-state index in [-0.39, 0.29) is 46.9 Å². The lowest BCUT2D eigenvalue weighted by Crippen LogP contribution is -2.27. The zero-order valence-corrected chi connectivity index (χ0v) is 16.2. The van der Waals surface area contributed by atoms with Gasteiger partial charge in [0.15, 0.2) is 11.5 Å². The summed E-state index contributed by atoms with van der Waals surface area (Å²) >= 11 is 0. The van der Waals surface area contributed by atoms with Gasteiger partial charge in [-0.3, -0.25) is 4.79 Å². The number of nitrogens with one attached hydrogen (secondary N) is 1. The first-order valence-electron chi connectivity index (χ1n) is 8.80. The zero-order chi connectivity index (χ0) is 21.1. The fraction of sp³-hybridized carbons (Fsp3) is 0.238. The number of phenolic OH excluding ortho intramolecular Hbond substituents is 2. The maximum atomic E-state index is 12.4. The largest absolute Gasteiger partial charge is 0.508 e. The Morgan fingerprint density at radius 3 is 2.52 bits per heavy atom. The zero-order valence-electron chi connectivity index (χ0n) is 16.2. The molecule has 3 aromatic rings. The van der Waals surface area contributed by atoms with Crippen molar-refractivity contribution in [1.82, 2.24) is 5.32 Å².